The number of amides is 10. The minimum absolute atomic E-state index is 0.000741. The van der Waals surface area contributed by atoms with E-state index in [9.17, 15) is 88.8 Å². The van der Waals surface area contributed by atoms with Gasteiger partial charge in [0.2, 0.25) is 0 Å². The number of esters is 2. The zero-order valence-corrected chi connectivity index (χ0v) is 74.2. The molecule has 8 heterocycles. The molecule has 8 aliphatic rings. The number of hydrogen-bond acceptors (Lipinski definition) is 24. The van der Waals surface area contributed by atoms with Gasteiger partial charge in [-0.2, -0.15) is 0 Å². The molecule has 0 bridgehead atoms. The van der Waals surface area contributed by atoms with Gasteiger partial charge >= 0.3 is 43.9 Å². The number of ether oxygens (including phenoxy) is 6. The number of benzene rings is 3. The van der Waals surface area contributed by atoms with E-state index in [1.807, 2.05) is 0 Å². The Kier molecular flexibility index (Phi) is 40.3. The average Bonchev–Trinajstić information content (AvgIpc) is 1.64. The first-order chi connectivity index (χ1) is 58.1. The Bertz CT molecular complexity index is 4340. The van der Waals surface area contributed by atoms with Gasteiger partial charge in [0.1, 0.15) is 53.3 Å². The van der Waals surface area contributed by atoms with Crippen molar-refractivity contribution in [1.82, 2.24) is 40.0 Å². The van der Waals surface area contributed by atoms with Crippen molar-refractivity contribution < 1.29 is 131 Å². The predicted molar refractivity (Wildman–Crippen MR) is 447 cm³/mol. The lowest BCUT2D eigenvalue weighted by molar-refractivity contribution is -0.140. The number of aliphatic hydroxyl groups excluding tert-OH is 1. The molecule has 31 nitrogen and oxygen atoms in total. The lowest BCUT2D eigenvalue weighted by Gasteiger charge is -2.33. The minimum Gasteiger partial charge on any atom is -0.466 e. The number of nitrogens with one attached hydrogen (secondary N) is 2. The molecule has 10 amide bonds. The van der Waals surface area contributed by atoms with Gasteiger partial charge in [0, 0.05) is 58.3 Å². The molecule has 0 aromatic heterocycles. The van der Waals surface area contributed by atoms with E-state index in [1.165, 1.54) is 36.7 Å². The number of piperidine rings is 5. The number of aliphatic hydroxyl groups is 1. The van der Waals surface area contributed by atoms with Crippen LogP contribution in [0.4, 0.5) is 41.1 Å². The molecule has 3 aromatic rings. The van der Waals surface area contributed by atoms with Crippen molar-refractivity contribution >= 4 is 85.1 Å². The molecule has 5 fully saturated rings. The number of alkyl halides is 5. The van der Waals surface area contributed by atoms with E-state index in [2.05, 4.69) is 15.4 Å². The van der Waals surface area contributed by atoms with Gasteiger partial charge in [-0.15, -0.1) is 0 Å². The van der Waals surface area contributed by atoms with Crippen LogP contribution in [0.1, 0.15) is 205 Å². The van der Waals surface area contributed by atoms with Gasteiger partial charge in [-0.1, -0.05) is 54.6 Å². The standard InChI is InChI=1S/C20H23FN2O4.C15H15FN2O2.C14H22FNO4.C12H20FNO3.C10H16FNO3.C8H5NO2.C8H17O5P/c1-20(2,3)27-19(26)22-10-8-13(16(21)12-22)9-11-23-17(24)14-6-4-5-7-15(14)18(23)25;16-13-9-17-7-5-10(13)6-8-18-14(19)11-3-1-2-4-12(11)15(18)20;1-5-19-12(17)8-10-6-7-16(9-11(10)15)13(18)20-14(2,3)4;1-12(2,3)17-11(16)14-6-4-9(5-7-15)10(13)8-14;1-10(2,3)15-9(14)12-5-4-8(13)7(11)6-12;10-7-5-3-1-2-4-6(5)8(11)9-7;1-4-11-8(9)7-14(10,12-5-2)13-6-3/h4-7,9,16H,8,10-12H2,1-3H3;1-4,6,13,17H,5,7-9H2;8,11H,5-7,9H2,1-4H3;5,10,15H,4,6-8H2,1-3H3;7H,4-6H2,1-3H3;1-4H,(H,9,10,11);4-7H2,1-3H3. The molecule has 0 radical (unpaired) electrons. The highest BCUT2D eigenvalue weighted by atomic mass is 31.2. The Morgan fingerprint density at radius 3 is 1.07 bits per heavy atom. The second-order valence-corrected chi connectivity index (χ2v) is 34.8. The summed E-state index contributed by atoms with van der Waals surface area (Å²) in [5.74, 6) is -3.47. The van der Waals surface area contributed by atoms with Crippen LogP contribution in [0, 0.1) is 0 Å². The number of nitrogens with zero attached hydrogens (tertiary/aromatic N) is 6. The first-order valence-corrected chi connectivity index (χ1v) is 42.6. The highest BCUT2D eigenvalue weighted by Crippen LogP contribution is 2.48. The molecule has 11 rings (SSSR count). The van der Waals surface area contributed by atoms with Crippen molar-refractivity contribution in [2.45, 2.75) is 196 Å². The monoisotopic (exact) mass is 1770 g/mol. The molecule has 684 valence electrons. The smallest absolute Gasteiger partial charge is 0.410 e. The van der Waals surface area contributed by atoms with Crippen LogP contribution in [0.5, 0.6) is 0 Å². The SMILES string of the molecule is CC(C)(C)OC(=O)N1CCC(=CCN2C(=O)c3ccccc3C2=O)C(F)C1.CC(C)(C)OC(=O)N1CCC(=CCO)C(F)C1.CC(C)(C)OC(=O)N1CCC(=O)C(F)C1.CCOC(=O)C=C1CCN(C(=O)OC(C)(C)C)CC1F.CCOC(=O)CP(=O)(OCC)OCC.O=C1NC(=O)c2ccccc21.O=C1c2ccccc2C(=O)N1CC=C1CCNCC1F. The Balaban J connectivity index is 0.000000261. The summed E-state index contributed by atoms with van der Waals surface area (Å²) in [6.07, 6.45) is -1.25. The molecule has 0 saturated carbocycles. The molecule has 124 heavy (non-hydrogen) atoms. The molecule has 3 N–H and O–H groups in total. The Morgan fingerprint density at radius 2 is 0.758 bits per heavy atom. The summed E-state index contributed by atoms with van der Waals surface area (Å²) in [4.78, 5) is 159. The van der Waals surface area contributed by atoms with E-state index in [1.54, 1.807) is 196 Å². The third-order valence-corrected chi connectivity index (χ3v) is 20.3. The molecule has 5 saturated heterocycles. The lowest BCUT2D eigenvalue weighted by atomic mass is 10.0. The molecule has 37 heteroatoms. The largest absolute Gasteiger partial charge is 0.466 e. The number of fused-ring (bicyclic) bond motifs is 3. The van der Waals surface area contributed by atoms with Gasteiger partial charge in [-0.05, 0) is 202 Å². The van der Waals surface area contributed by atoms with Crippen LogP contribution in [-0.2, 0) is 56.4 Å². The molecule has 8 aliphatic heterocycles. The predicted octanol–water partition coefficient (Wildman–Crippen LogP) is 13.0. The van der Waals surface area contributed by atoms with Crippen LogP contribution in [0.15, 0.2) is 119 Å². The number of carbonyl (C=O) groups is 13. The van der Waals surface area contributed by atoms with E-state index in [0.29, 0.717) is 108 Å². The number of imide groups is 3. The third kappa shape index (κ3) is 33.5. The topological polar surface area (TPSA) is 377 Å². The number of ketones is 1. The number of halogens is 5. The van der Waals surface area contributed by atoms with Crippen LogP contribution >= 0.6 is 7.60 Å². The van der Waals surface area contributed by atoms with E-state index in [-0.39, 0.29) is 127 Å². The maximum Gasteiger partial charge on any atom is 0.410 e. The maximum absolute atomic E-state index is 14.5. The number of rotatable bonds is 14. The summed E-state index contributed by atoms with van der Waals surface area (Å²) in [7, 11) is -3.28. The number of carbonyl (C=O) groups excluding carboxylic acids is 13. The summed E-state index contributed by atoms with van der Waals surface area (Å²) >= 11 is 0. The van der Waals surface area contributed by atoms with E-state index < -0.39 is 103 Å². The summed E-state index contributed by atoms with van der Waals surface area (Å²) in [6.45, 7) is 30.9. The van der Waals surface area contributed by atoms with Crippen molar-refractivity contribution in [2.75, 3.05) is 118 Å². The van der Waals surface area contributed by atoms with Gasteiger partial charge < -0.3 is 67.5 Å². The number of hydrogen-bond donors (Lipinski definition) is 3. The van der Waals surface area contributed by atoms with E-state index in [4.69, 9.17) is 37.8 Å². The normalized spacial score (nSPS) is 20.8. The molecule has 3 aromatic carbocycles. The molecule has 5 atom stereocenters. The fourth-order valence-corrected chi connectivity index (χ4v) is 14.0. The Morgan fingerprint density at radius 1 is 0.435 bits per heavy atom. The first-order valence-electron chi connectivity index (χ1n) is 40.9. The van der Waals surface area contributed by atoms with Crippen LogP contribution in [0.25, 0.3) is 0 Å². The first kappa shape index (κ1) is 104. The Labute approximate surface area is 720 Å². The summed E-state index contributed by atoms with van der Waals surface area (Å²) in [5.41, 5.74) is 2.23. The maximum atomic E-state index is 14.5. The quantitative estimate of drug-likeness (QED) is 0.0257. The van der Waals surface area contributed by atoms with Gasteiger partial charge in [-0.3, -0.25) is 58.0 Å². The fourth-order valence-electron chi connectivity index (χ4n) is 12.5. The molecular formula is C87H118F5N8O23P. The summed E-state index contributed by atoms with van der Waals surface area (Å²) < 4.78 is 121. The van der Waals surface area contributed by atoms with Gasteiger partial charge in [0.05, 0.1) is 92.6 Å². The van der Waals surface area contributed by atoms with Crippen LogP contribution < -0.4 is 10.6 Å². The fraction of sp³-hybridized carbons (Fsp3) is 0.552. The van der Waals surface area contributed by atoms with E-state index in [0.717, 1.165) is 11.4 Å². The van der Waals surface area contributed by atoms with Crippen molar-refractivity contribution in [1.29, 1.82) is 0 Å². The van der Waals surface area contributed by atoms with Gasteiger partial charge in [0.15, 0.2) is 12.0 Å². The third-order valence-electron chi connectivity index (χ3n) is 18.3. The van der Waals surface area contributed by atoms with Gasteiger partial charge in [0.25, 0.3) is 35.4 Å². The van der Waals surface area contributed by atoms with Crippen LogP contribution in [0.2, 0.25) is 0 Å². The van der Waals surface area contributed by atoms with Crippen LogP contribution in [0.3, 0.4) is 0 Å². The lowest BCUT2D eigenvalue weighted by Crippen LogP contribution is -2.47. The highest BCUT2D eigenvalue weighted by Gasteiger charge is 2.40. The van der Waals surface area contributed by atoms with Crippen LogP contribution in [-0.4, -0.2) is 283 Å². The molecular weight excluding hydrogens is 1650 g/mol. The van der Waals surface area contributed by atoms with E-state index >= 15 is 0 Å². The molecule has 0 spiro atoms. The zero-order chi connectivity index (χ0) is 92.8. The Hall–Kier alpha value is -10.6. The second kappa shape index (κ2) is 48.1. The number of likely N-dealkylation sites (tertiary alicyclic amines) is 4. The summed E-state index contributed by atoms with van der Waals surface area (Å²) in [6, 6.07) is 20.1. The van der Waals surface area contributed by atoms with Gasteiger partial charge in [-0.25, -0.2) is 45.9 Å². The van der Waals surface area contributed by atoms with Crippen molar-refractivity contribution in [2.24, 2.45) is 0 Å². The van der Waals surface area contributed by atoms with Crippen molar-refractivity contribution in [3.63, 3.8) is 0 Å². The number of Topliss-reactive ketones (excluding diaryl/α,β-unsaturated/α-hetero) is 1. The zero-order valence-electron chi connectivity index (χ0n) is 73.3. The molecule has 0 aliphatic carbocycles. The average molecular weight is 1770 g/mol. The highest BCUT2D eigenvalue weighted by molar-refractivity contribution is 7.54. The molecule has 5 unspecified atom stereocenters. The van der Waals surface area contributed by atoms with Crippen molar-refractivity contribution in [3.8, 4) is 0 Å². The minimum atomic E-state index is -3.28. The second-order valence-electron chi connectivity index (χ2n) is 32.7. The summed E-state index contributed by atoms with van der Waals surface area (Å²) in [5, 5.41) is 13.9. The van der Waals surface area contributed by atoms with Crippen molar-refractivity contribution in [3.05, 3.63) is 153 Å².